The summed E-state index contributed by atoms with van der Waals surface area (Å²) < 4.78 is 29.7. The molecule has 48 valence electrons. The minimum atomic E-state index is -5.00. The van der Waals surface area contributed by atoms with Crippen LogP contribution in [0.2, 0.25) is 0 Å². The van der Waals surface area contributed by atoms with Crippen LogP contribution in [0.5, 0.6) is 0 Å². The van der Waals surface area contributed by atoms with E-state index in [1.807, 2.05) is 0 Å². The second-order valence-corrected chi connectivity index (χ2v) is 0.468. The fraction of sp³-hybridized carbons (Fsp3) is 0.667. The van der Waals surface area contributed by atoms with Crippen LogP contribution in [0.15, 0.2) is 0 Å². The molecule has 0 fully saturated rings. The molecule has 0 aromatic rings. The zero-order valence-electron chi connectivity index (χ0n) is 4.50. The first-order valence-corrected chi connectivity index (χ1v) is 1.50. The molecule has 0 saturated heterocycles. The average Bonchev–Trinajstić information content (AvgIpc) is 1.36. The van der Waals surface area contributed by atoms with Gasteiger partial charge >= 0.3 is 6.36 Å². The standard InChI is InChI=1S/C2H5.CHF3O.Zn/c1-2;2-1(3,4)5;/h1H2,2H3;5H;/q-1;;. The third-order valence-electron chi connectivity index (χ3n) is 0. The van der Waals surface area contributed by atoms with E-state index in [-0.39, 0.29) is 19.5 Å². The van der Waals surface area contributed by atoms with Crippen molar-refractivity contribution in [2.24, 2.45) is 0 Å². The van der Waals surface area contributed by atoms with Crippen LogP contribution in [0.4, 0.5) is 13.2 Å². The number of alkyl halides is 3. The van der Waals surface area contributed by atoms with Crippen molar-refractivity contribution in [1.82, 2.24) is 0 Å². The van der Waals surface area contributed by atoms with E-state index in [1.165, 1.54) is 0 Å². The SMILES string of the molecule is OC(F)(F)F.[CH2-]C.[Zn]. The third kappa shape index (κ3) is 1320. The Labute approximate surface area is 58.6 Å². The van der Waals surface area contributed by atoms with Gasteiger partial charge in [0.15, 0.2) is 0 Å². The molecule has 1 N–H and O–H groups in total. The largest absolute Gasteiger partial charge is 0.519 e. The van der Waals surface area contributed by atoms with Crippen molar-refractivity contribution in [3.63, 3.8) is 0 Å². The quantitative estimate of drug-likeness (QED) is 0.441. The van der Waals surface area contributed by atoms with Gasteiger partial charge in [0.1, 0.15) is 0 Å². The molecule has 8 heavy (non-hydrogen) atoms. The van der Waals surface area contributed by atoms with E-state index < -0.39 is 6.36 Å². The van der Waals surface area contributed by atoms with Gasteiger partial charge in [0, 0.05) is 19.5 Å². The summed E-state index contributed by atoms with van der Waals surface area (Å²) >= 11 is 0. The molecular weight excluding hydrogens is 174 g/mol. The minimum Gasteiger partial charge on any atom is -0.346 e. The van der Waals surface area contributed by atoms with Crippen molar-refractivity contribution in [3.8, 4) is 0 Å². The predicted octanol–water partition coefficient (Wildman–Crippen LogP) is 1.34. The van der Waals surface area contributed by atoms with Crippen molar-refractivity contribution < 1.29 is 37.8 Å². The summed E-state index contributed by atoms with van der Waals surface area (Å²) in [4.78, 5) is 0. The number of aliphatic hydroxyl groups is 1. The van der Waals surface area contributed by atoms with Gasteiger partial charge in [-0.1, -0.05) is 0 Å². The van der Waals surface area contributed by atoms with Gasteiger partial charge in [-0.3, -0.25) is 0 Å². The van der Waals surface area contributed by atoms with Crippen LogP contribution < -0.4 is 0 Å². The Kier molecular flexibility index (Phi) is 14.5. The van der Waals surface area contributed by atoms with Crippen molar-refractivity contribution >= 4 is 0 Å². The smallest absolute Gasteiger partial charge is 0.346 e. The molecular formula is C3H6F3OZn-. The molecule has 0 saturated carbocycles. The molecule has 0 aromatic carbocycles. The summed E-state index contributed by atoms with van der Waals surface area (Å²) in [6.45, 7) is 5.00. The molecule has 0 aliphatic heterocycles. The number of hydrogen-bond acceptors (Lipinski definition) is 1. The third-order valence-corrected chi connectivity index (χ3v) is 0. The van der Waals surface area contributed by atoms with Crippen LogP contribution in [0, 0.1) is 6.92 Å². The molecule has 0 unspecified atom stereocenters. The Morgan fingerprint density at radius 3 is 1.25 bits per heavy atom. The molecule has 0 spiro atoms. The monoisotopic (exact) mass is 179 g/mol. The minimum absolute atomic E-state index is 0. The van der Waals surface area contributed by atoms with E-state index in [9.17, 15) is 13.2 Å². The zero-order chi connectivity index (χ0) is 6.50. The zero-order valence-corrected chi connectivity index (χ0v) is 7.46. The van der Waals surface area contributed by atoms with Crippen LogP contribution in [0.3, 0.4) is 0 Å². The van der Waals surface area contributed by atoms with Crippen LogP contribution in [-0.2, 0) is 19.5 Å². The van der Waals surface area contributed by atoms with Gasteiger partial charge in [-0.05, 0) is 0 Å². The fourth-order valence-corrected chi connectivity index (χ4v) is 0. The van der Waals surface area contributed by atoms with Gasteiger partial charge in [-0.25, -0.2) is 0 Å². The first kappa shape index (κ1) is 15.8. The first-order valence-electron chi connectivity index (χ1n) is 1.50. The van der Waals surface area contributed by atoms with E-state index in [0.29, 0.717) is 0 Å². The predicted molar refractivity (Wildman–Crippen MR) is 19.3 cm³/mol. The Bertz CT molecular complexity index is 30.0. The van der Waals surface area contributed by atoms with E-state index in [4.69, 9.17) is 5.11 Å². The molecule has 0 atom stereocenters. The normalized spacial score (nSPS) is 8.25. The average molecular weight is 180 g/mol. The van der Waals surface area contributed by atoms with Crippen molar-refractivity contribution in [3.05, 3.63) is 6.92 Å². The van der Waals surface area contributed by atoms with Crippen molar-refractivity contribution in [2.75, 3.05) is 0 Å². The van der Waals surface area contributed by atoms with E-state index in [2.05, 4.69) is 6.92 Å². The fourth-order valence-electron chi connectivity index (χ4n) is 0. The van der Waals surface area contributed by atoms with Crippen LogP contribution in [0.1, 0.15) is 6.92 Å². The number of rotatable bonds is 0. The van der Waals surface area contributed by atoms with Crippen LogP contribution in [0.25, 0.3) is 0 Å². The first-order chi connectivity index (χ1) is 3.00. The second kappa shape index (κ2) is 7.37. The number of halogens is 3. The summed E-state index contributed by atoms with van der Waals surface area (Å²) in [5.41, 5.74) is 0. The van der Waals surface area contributed by atoms with Crippen molar-refractivity contribution in [2.45, 2.75) is 13.3 Å². The van der Waals surface area contributed by atoms with Crippen LogP contribution in [-0.4, -0.2) is 11.5 Å². The van der Waals surface area contributed by atoms with Gasteiger partial charge in [-0.2, -0.15) is 6.92 Å². The van der Waals surface area contributed by atoms with E-state index in [1.54, 1.807) is 6.92 Å². The molecule has 0 rings (SSSR count). The van der Waals surface area contributed by atoms with E-state index in [0.717, 1.165) is 0 Å². The maximum Gasteiger partial charge on any atom is 0.519 e. The molecule has 0 aromatic heterocycles. The second-order valence-electron chi connectivity index (χ2n) is 0.468. The molecule has 0 aliphatic rings. The Hall–Kier alpha value is 0.373. The summed E-state index contributed by atoms with van der Waals surface area (Å²) in [6, 6.07) is 0. The van der Waals surface area contributed by atoms with Gasteiger partial charge < -0.3 is 12.0 Å². The van der Waals surface area contributed by atoms with Gasteiger partial charge in [0.25, 0.3) is 0 Å². The summed E-state index contributed by atoms with van der Waals surface area (Å²) in [5.74, 6) is 0. The van der Waals surface area contributed by atoms with Gasteiger partial charge in [0.05, 0.1) is 0 Å². The van der Waals surface area contributed by atoms with E-state index >= 15 is 0 Å². The molecule has 0 radical (unpaired) electrons. The Morgan fingerprint density at radius 2 is 1.25 bits per heavy atom. The molecule has 0 aliphatic carbocycles. The molecule has 0 amide bonds. The summed E-state index contributed by atoms with van der Waals surface area (Å²) in [6.07, 6.45) is -5.00. The maximum atomic E-state index is 9.91. The molecule has 5 heteroatoms. The maximum absolute atomic E-state index is 9.91. The Morgan fingerprint density at radius 1 is 1.25 bits per heavy atom. The van der Waals surface area contributed by atoms with Gasteiger partial charge in [-0.15, -0.1) is 13.2 Å². The summed E-state index contributed by atoms with van der Waals surface area (Å²) in [5, 5.41) is 6.52. The summed E-state index contributed by atoms with van der Waals surface area (Å²) in [7, 11) is 0. The Balaban J connectivity index is -0.0000000750. The van der Waals surface area contributed by atoms with Gasteiger partial charge in [0.2, 0.25) is 0 Å². The van der Waals surface area contributed by atoms with Crippen LogP contribution >= 0.6 is 0 Å². The topological polar surface area (TPSA) is 20.2 Å². The molecule has 0 bridgehead atoms. The molecule has 0 heterocycles. The van der Waals surface area contributed by atoms with Crippen molar-refractivity contribution in [1.29, 1.82) is 0 Å². The number of hydrogen-bond donors (Lipinski definition) is 1. The molecule has 1 nitrogen and oxygen atoms in total.